The molecule has 4 aromatic heterocycles. The number of benzene rings is 10. The van der Waals surface area contributed by atoms with Gasteiger partial charge >= 0.3 is 0 Å². The van der Waals surface area contributed by atoms with Crippen LogP contribution in [-0.4, -0.2) is 23.7 Å². The molecular formula is C62H39N5. The van der Waals surface area contributed by atoms with Gasteiger partial charge in [-0.15, -0.1) is 0 Å². The number of aromatic nitrogens is 5. The molecule has 4 heterocycles. The average Bonchev–Trinajstić information content (AvgIpc) is 4.07. The predicted octanol–water partition coefficient (Wildman–Crippen LogP) is 15.9. The van der Waals surface area contributed by atoms with Gasteiger partial charge in [-0.1, -0.05) is 170 Å². The van der Waals surface area contributed by atoms with E-state index in [9.17, 15) is 0 Å². The third-order valence-corrected chi connectivity index (χ3v) is 13.6. The van der Waals surface area contributed by atoms with Gasteiger partial charge in [0.1, 0.15) is 5.69 Å². The molecule has 0 bridgehead atoms. The highest BCUT2D eigenvalue weighted by molar-refractivity contribution is 6.23. The van der Waals surface area contributed by atoms with E-state index in [0.717, 1.165) is 72.5 Å². The Morgan fingerprint density at radius 2 is 0.761 bits per heavy atom. The van der Waals surface area contributed by atoms with E-state index in [4.69, 9.17) is 9.97 Å². The van der Waals surface area contributed by atoms with Gasteiger partial charge in [-0.3, -0.25) is 4.57 Å². The maximum absolute atomic E-state index is 5.61. The van der Waals surface area contributed by atoms with Gasteiger partial charge in [0.15, 0.2) is 0 Å². The first-order valence-electron chi connectivity index (χ1n) is 22.8. The molecule has 0 fully saturated rings. The van der Waals surface area contributed by atoms with Crippen LogP contribution in [0.15, 0.2) is 237 Å². The lowest BCUT2D eigenvalue weighted by molar-refractivity contribution is 1.01. The Hall–Kier alpha value is -9.06. The Labute approximate surface area is 385 Å². The van der Waals surface area contributed by atoms with Crippen molar-refractivity contribution in [2.75, 3.05) is 0 Å². The van der Waals surface area contributed by atoms with E-state index in [1.807, 2.05) is 0 Å². The van der Waals surface area contributed by atoms with Crippen LogP contribution in [0, 0.1) is 0 Å². The summed E-state index contributed by atoms with van der Waals surface area (Å²) in [7, 11) is 0. The molecule has 0 saturated carbocycles. The van der Waals surface area contributed by atoms with Gasteiger partial charge < -0.3 is 9.13 Å². The molecule has 5 nitrogen and oxygen atoms in total. The van der Waals surface area contributed by atoms with Gasteiger partial charge in [0.2, 0.25) is 5.95 Å². The third-order valence-electron chi connectivity index (χ3n) is 13.6. The molecule has 67 heavy (non-hydrogen) atoms. The van der Waals surface area contributed by atoms with E-state index in [1.54, 1.807) is 0 Å². The van der Waals surface area contributed by atoms with Crippen LogP contribution in [0.2, 0.25) is 0 Å². The van der Waals surface area contributed by atoms with Crippen LogP contribution in [0.5, 0.6) is 0 Å². The molecule has 14 aromatic rings. The second kappa shape index (κ2) is 14.7. The minimum absolute atomic E-state index is 0.626. The van der Waals surface area contributed by atoms with Crippen molar-refractivity contribution in [2.45, 2.75) is 0 Å². The molecule has 5 heteroatoms. The van der Waals surface area contributed by atoms with E-state index in [0.29, 0.717) is 5.95 Å². The molecule has 10 aromatic carbocycles. The fourth-order valence-corrected chi connectivity index (χ4v) is 10.7. The van der Waals surface area contributed by atoms with Crippen molar-refractivity contribution in [1.29, 1.82) is 0 Å². The largest absolute Gasteiger partial charge is 0.309 e. The third kappa shape index (κ3) is 5.75. The van der Waals surface area contributed by atoms with Crippen molar-refractivity contribution < 1.29 is 0 Å². The molecule has 0 N–H and O–H groups in total. The molecule has 0 atom stereocenters. The Morgan fingerprint density at radius 3 is 1.34 bits per heavy atom. The monoisotopic (exact) mass is 853 g/mol. The smallest absolute Gasteiger partial charge is 0.235 e. The van der Waals surface area contributed by atoms with Gasteiger partial charge in [0, 0.05) is 38.5 Å². The highest BCUT2D eigenvalue weighted by Crippen LogP contribution is 2.43. The Morgan fingerprint density at radius 1 is 0.299 bits per heavy atom. The second-order valence-electron chi connectivity index (χ2n) is 17.4. The summed E-state index contributed by atoms with van der Waals surface area (Å²) in [6, 6.07) is 85.0. The highest BCUT2D eigenvalue weighted by Gasteiger charge is 2.24. The van der Waals surface area contributed by atoms with E-state index in [2.05, 4.69) is 250 Å². The number of hydrogen-bond donors (Lipinski definition) is 0. The summed E-state index contributed by atoms with van der Waals surface area (Å²) in [4.78, 5) is 11.2. The fraction of sp³-hybridized carbons (Fsp3) is 0. The van der Waals surface area contributed by atoms with Gasteiger partial charge in [0.25, 0.3) is 0 Å². The van der Waals surface area contributed by atoms with Crippen molar-refractivity contribution in [3.05, 3.63) is 237 Å². The summed E-state index contributed by atoms with van der Waals surface area (Å²) >= 11 is 0. The molecule has 0 radical (unpaired) electrons. The first kappa shape index (κ1) is 37.3. The number of fused-ring (bicyclic) bond motifs is 11. The minimum atomic E-state index is 0.626. The zero-order valence-corrected chi connectivity index (χ0v) is 36.3. The summed E-state index contributed by atoms with van der Waals surface area (Å²) in [5, 5.41) is 9.70. The summed E-state index contributed by atoms with van der Waals surface area (Å²) < 4.78 is 7.00. The number of para-hydroxylation sites is 2. The van der Waals surface area contributed by atoms with Crippen LogP contribution in [-0.2, 0) is 0 Å². The lowest BCUT2D eigenvalue weighted by Gasteiger charge is -2.15. The Kier molecular flexibility index (Phi) is 8.21. The summed E-state index contributed by atoms with van der Waals surface area (Å²) in [5.74, 6) is 0.626. The average molecular weight is 854 g/mol. The van der Waals surface area contributed by atoms with Crippen LogP contribution < -0.4 is 0 Å². The SMILES string of the molecule is c1ccc(-c2nc(-n3c4ccc(-c5ccc6c(c5)c5c7ccccc7ccc5n6-c5ccccc5)cc4c4c5ccccc5ccc43)nc3cc(-c4ccccc4)n(-c4ccccc4)c23)cc1. The zero-order valence-electron chi connectivity index (χ0n) is 36.3. The number of hydrogen-bond acceptors (Lipinski definition) is 2. The minimum Gasteiger partial charge on any atom is -0.309 e. The standard InChI is InChI=1S/C62H39N5/c1-5-19-42(20-6-1)57-39-52-61(66(57)47-25-11-4-12-26-47)60(43-21-7-2-8-22-43)64-62(63-52)67-54-34-32-45(38-51(54)59-49-28-16-14-18-41(49)30-36-56(59)67)44-31-33-53-50(37-44)58-48-27-15-13-17-40(48)29-35-55(58)65(53)46-23-9-3-10-24-46/h1-39H. The fourth-order valence-electron chi connectivity index (χ4n) is 10.7. The van der Waals surface area contributed by atoms with Gasteiger partial charge in [-0.05, 0) is 105 Å². The molecule has 0 spiro atoms. The summed E-state index contributed by atoms with van der Waals surface area (Å²) in [6.45, 7) is 0. The van der Waals surface area contributed by atoms with E-state index >= 15 is 0 Å². The summed E-state index contributed by atoms with van der Waals surface area (Å²) in [5.41, 5.74) is 14.9. The predicted molar refractivity (Wildman–Crippen MR) is 279 cm³/mol. The number of nitrogens with zero attached hydrogens (tertiary/aromatic N) is 5. The zero-order chi connectivity index (χ0) is 44.0. The molecule has 0 saturated heterocycles. The van der Waals surface area contributed by atoms with E-state index in [1.165, 1.54) is 48.7 Å². The lowest BCUT2D eigenvalue weighted by atomic mass is 9.98. The highest BCUT2D eigenvalue weighted by atomic mass is 15.2. The lowest BCUT2D eigenvalue weighted by Crippen LogP contribution is -2.05. The maximum atomic E-state index is 5.61. The van der Waals surface area contributed by atoms with E-state index < -0.39 is 0 Å². The van der Waals surface area contributed by atoms with Crippen molar-refractivity contribution in [1.82, 2.24) is 23.7 Å². The van der Waals surface area contributed by atoms with Crippen molar-refractivity contribution in [2.24, 2.45) is 0 Å². The van der Waals surface area contributed by atoms with Crippen LogP contribution in [0.25, 0.3) is 127 Å². The topological polar surface area (TPSA) is 40.6 Å². The number of rotatable bonds is 6. The molecule has 14 rings (SSSR count). The molecule has 0 unspecified atom stereocenters. The van der Waals surface area contributed by atoms with Gasteiger partial charge in [-0.25, -0.2) is 9.97 Å². The van der Waals surface area contributed by atoms with Crippen LogP contribution in [0.3, 0.4) is 0 Å². The summed E-state index contributed by atoms with van der Waals surface area (Å²) in [6.07, 6.45) is 0. The molecule has 0 aliphatic heterocycles. The van der Waals surface area contributed by atoms with Gasteiger partial charge in [0.05, 0.1) is 38.8 Å². The molecule has 312 valence electrons. The molecular weight excluding hydrogens is 815 g/mol. The Bertz CT molecular complexity index is 4240. The van der Waals surface area contributed by atoms with Gasteiger partial charge in [-0.2, -0.15) is 0 Å². The molecule has 0 aliphatic carbocycles. The second-order valence-corrected chi connectivity index (χ2v) is 17.4. The van der Waals surface area contributed by atoms with Crippen molar-refractivity contribution in [3.63, 3.8) is 0 Å². The van der Waals surface area contributed by atoms with E-state index in [-0.39, 0.29) is 0 Å². The molecule has 0 amide bonds. The van der Waals surface area contributed by atoms with Crippen molar-refractivity contribution in [3.8, 4) is 51.0 Å². The van der Waals surface area contributed by atoms with Crippen LogP contribution in [0.4, 0.5) is 0 Å². The Balaban J connectivity index is 1.04. The van der Waals surface area contributed by atoms with Crippen molar-refractivity contribution >= 4 is 76.2 Å². The first-order valence-corrected chi connectivity index (χ1v) is 22.8. The maximum Gasteiger partial charge on any atom is 0.235 e. The normalized spacial score (nSPS) is 11.9. The first-order chi connectivity index (χ1) is 33.2. The van der Waals surface area contributed by atoms with Crippen LogP contribution in [0.1, 0.15) is 0 Å². The molecule has 0 aliphatic rings. The quantitative estimate of drug-likeness (QED) is 0.167. The van der Waals surface area contributed by atoms with Crippen LogP contribution >= 0.6 is 0 Å².